The number of hydrogen-bond donors (Lipinski definition) is 7. The molecular weight excluding hydrogens is 688 g/mol. The molecule has 0 atom stereocenters. The molecule has 18 nitrogen and oxygen atoms in total. The van der Waals surface area contributed by atoms with Gasteiger partial charge in [-0.3, -0.25) is 0 Å². The number of ether oxygens (including phenoxy) is 1. The highest BCUT2D eigenvalue weighted by atomic mass is 16.5. The van der Waals surface area contributed by atoms with Gasteiger partial charge in [0.05, 0.1) is 53.2 Å². The highest BCUT2D eigenvalue weighted by Crippen LogP contribution is 2.33. The number of anilines is 5. The minimum atomic E-state index is -1.31. The van der Waals surface area contributed by atoms with Crippen LogP contribution in [0.25, 0.3) is 0 Å². The van der Waals surface area contributed by atoms with Crippen molar-refractivity contribution < 1.29 is 39.5 Å². The maximum atomic E-state index is 11.7. The molecule has 0 amide bonds. The lowest BCUT2D eigenvalue weighted by atomic mass is 10.1. The molecule has 0 bridgehead atoms. The van der Waals surface area contributed by atoms with Crippen LogP contribution >= 0.6 is 0 Å². The lowest BCUT2D eigenvalue weighted by Crippen LogP contribution is -2.12. The third-order valence-electron chi connectivity index (χ3n) is 7.26. The molecule has 0 aliphatic rings. The minimum Gasteiger partial charge on any atom is -0.494 e. The quantitative estimate of drug-likeness (QED) is 0.0523. The molecule has 18 heteroatoms. The second kappa shape index (κ2) is 16.6. The van der Waals surface area contributed by atoms with E-state index in [9.17, 15) is 34.8 Å². The average molecular weight is 721 g/mol. The molecule has 5 aromatic rings. The Morgan fingerprint density at radius 1 is 0.679 bits per heavy atom. The highest BCUT2D eigenvalue weighted by molar-refractivity contribution is 5.95. The molecule has 0 aliphatic heterocycles. The van der Waals surface area contributed by atoms with Crippen LogP contribution in [0.1, 0.15) is 42.2 Å². The smallest absolute Gasteiger partial charge is 0.337 e. The van der Waals surface area contributed by atoms with Crippen LogP contribution < -0.4 is 20.7 Å². The first kappa shape index (κ1) is 36.9. The van der Waals surface area contributed by atoms with Crippen LogP contribution in [0, 0.1) is 13.8 Å². The summed E-state index contributed by atoms with van der Waals surface area (Å²) in [6.45, 7) is 3.60. The topological polar surface area (TPSA) is 266 Å². The van der Waals surface area contributed by atoms with Crippen LogP contribution in [0.4, 0.5) is 52.0 Å². The predicted octanol–water partition coefficient (Wildman–Crippen LogP) is 7.31. The van der Waals surface area contributed by atoms with Gasteiger partial charge in [0, 0.05) is 18.3 Å². The van der Waals surface area contributed by atoms with E-state index < -0.39 is 17.9 Å². The number of aromatic nitrogens is 3. The first-order chi connectivity index (χ1) is 25.4. The van der Waals surface area contributed by atoms with E-state index in [1.54, 1.807) is 55.5 Å². The Hall–Kier alpha value is -7.34. The number of carboxylic acids is 3. The van der Waals surface area contributed by atoms with Gasteiger partial charge >= 0.3 is 17.9 Å². The lowest BCUT2D eigenvalue weighted by Gasteiger charge is -2.13. The molecule has 4 aromatic carbocycles. The molecule has 1 aromatic heterocycles. The molecule has 53 heavy (non-hydrogen) atoms. The van der Waals surface area contributed by atoms with E-state index in [4.69, 9.17) is 4.74 Å². The molecular formula is C35H32N10O8. The number of carbonyl (C=O) groups is 3. The second-order valence-electron chi connectivity index (χ2n) is 11.2. The van der Waals surface area contributed by atoms with Crippen LogP contribution in [0.15, 0.2) is 93.3 Å². The van der Waals surface area contributed by atoms with E-state index in [0.29, 0.717) is 28.5 Å². The number of nitrogens with one attached hydrogen (secondary N) is 3. The molecule has 0 saturated heterocycles. The number of benzene rings is 4. The number of rotatable bonds is 15. The first-order valence-corrected chi connectivity index (χ1v) is 15.6. The normalized spacial score (nSPS) is 11.1. The van der Waals surface area contributed by atoms with Gasteiger partial charge in [-0.05, 0) is 80.1 Å². The van der Waals surface area contributed by atoms with Crippen LogP contribution in [0.2, 0.25) is 0 Å². The summed E-state index contributed by atoms with van der Waals surface area (Å²) >= 11 is 0. The van der Waals surface area contributed by atoms with Crippen molar-refractivity contribution >= 4 is 69.9 Å². The van der Waals surface area contributed by atoms with E-state index in [1.165, 1.54) is 25.3 Å². The number of nitrogens with zero attached hydrogens (tertiary/aromatic N) is 7. The van der Waals surface area contributed by atoms with Crippen molar-refractivity contribution in [3.05, 3.63) is 101 Å². The summed E-state index contributed by atoms with van der Waals surface area (Å²) in [6.07, 6.45) is 0. The molecule has 270 valence electrons. The predicted molar refractivity (Wildman–Crippen MR) is 193 cm³/mol. The average Bonchev–Trinajstić information content (AvgIpc) is 3.13. The van der Waals surface area contributed by atoms with Crippen LogP contribution in [0.3, 0.4) is 0 Å². The van der Waals surface area contributed by atoms with Crippen LogP contribution in [-0.4, -0.2) is 73.5 Å². The molecule has 0 aliphatic carbocycles. The van der Waals surface area contributed by atoms with E-state index in [1.807, 2.05) is 6.92 Å². The van der Waals surface area contributed by atoms with E-state index in [2.05, 4.69) is 51.4 Å². The maximum Gasteiger partial charge on any atom is 0.337 e. The Morgan fingerprint density at radius 3 is 1.96 bits per heavy atom. The van der Waals surface area contributed by atoms with Gasteiger partial charge in [0.1, 0.15) is 11.4 Å². The van der Waals surface area contributed by atoms with Gasteiger partial charge in [0.15, 0.2) is 0 Å². The molecule has 0 fully saturated rings. The van der Waals surface area contributed by atoms with Crippen molar-refractivity contribution in [1.29, 1.82) is 0 Å². The van der Waals surface area contributed by atoms with Gasteiger partial charge in [-0.2, -0.15) is 30.3 Å². The Labute approximate surface area is 301 Å². The number of aliphatic hydroxyl groups excluding tert-OH is 1. The van der Waals surface area contributed by atoms with Crippen LogP contribution in [-0.2, 0) is 0 Å². The number of hydrogen-bond acceptors (Lipinski definition) is 15. The summed E-state index contributed by atoms with van der Waals surface area (Å²) in [5, 5.41) is 63.2. The zero-order chi connectivity index (χ0) is 38.1. The Morgan fingerprint density at radius 2 is 1.32 bits per heavy atom. The summed E-state index contributed by atoms with van der Waals surface area (Å²) in [6, 6.07) is 18.3. The summed E-state index contributed by atoms with van der Waals surface area (Å²) in [7, 11) is 1.43. The second-order valence-corrected chi connectivity index (χ2v) is 11.2. The number of aryl methyl sites for hydroxylation is 2. The summed E-state index contributed by atoms with van der Waals surface area (Å²) in [5.41, 5.74) is 3.19. The highest BCUT2D eigenvalue weighted by Gasteiger charge is 2.14. The van der Waals surface area contributed by atoms with E-state index in [0.717, 1.165) is 17.2 Å². The van der Waals surface area contributed by atoms with Gasteiger partial charge < -0.3 is 41.1 Å². The standard InChI is InChI=1S/C35H32N10O8/c1-18-4-7-27(25(12-18)32(51)52)45-44-26-8-5-22(13-19(26)2)37-34-39-33(36-10-11-46)40-35(41-34)38-28-9-6-23(17-29(28)53-3)42-43-24-15-20(30(47)48)14-21(16-24)31(49)50/h4-9,12-17,46H,10-11H2,1-3H3,(H,47,48)(H,49,50)(H,51,52)(H3,36,37,38,39,40,41). The van der Waals surface area contributed by atoms with Crippen molar-refractivity contribution in [2.45, 2.75) is 13.8 Å². The molecule has 7 N–H and O–H groups in total. The van der Waals surface area contributed by atoms with Crippen molar-refractivity contribution in [2.24, 2.45) is 20.5 Å². The maximum absolute atomic E-state index is 11.7. The van der Waals surface area contributed by atoms with E-state index in [-0.39, 0.29) is 59.1 Å². The van der Waals surface area contributed by atoms with Gasteiger partial charge in [-0.1, -0.05) is 11.6 Å². The van der Waals surface area contributed by atoms with Crippen molar-refractivity contribution in [3.8, 4) is 5.75 Å². The Balaban J connectivity index is 1.36. The minimum absolute atomic E-state index is 0.0300. The van der Waals surface area contributed by atoms with Gasteiger partial charge in [-0.15, -0.1) is 5.11 Å². The molecule has 5 rings (SSSR count). The zero-order valence-electron chi connectivity index (χ0n) is 28.4. The molecule has 0 spiro atoms. The van der Waals surface area contributed by atoms with Crippen molar-refractivity contribution in [3.63, 3.8) is 0 Å². The van der Waals surface area contributed by atoms with Gasteiger partial charge in [0.2, 0.25) is 17.8 Å². The number of aliphatic hydroxyl groups is 1. The number of carboxylic acid groups (broad SMARTS) is 3. The fourth-order valence-electron chi connectivity index (χ4n) is 4.72. The summed E-state index contributed by atoms with van der Waals surface area (Å²) in [5.74, 6) is -2.99. The Bertz CT molecular complexity index is 2230. The lowest BCUT2D eigenvalue weighted by molar-refractivity contribution is 0.0682. The third-order valence-corrected chi connectivity index (χ3v) is 7.26. The summed E-state index contributed by atoms with van der Waals surface area (Å²) < 4.78 is 5.53. The van der Waals surface area contributed by atoms with E-state index >= 15 is 0 Å². The fourth-order valence-corrected chi connectivity index (χ4v) is 4.72. The Kier molecular flexibility index (Phi) is 11.6. The SMILES string of the molecule is COc1cc(N=Nc2cc(C(=O)O)cc(C(=O)O)c2)ccc1Nc1nc(NCCO)nc(Nc2ccc(N=Nc3ccc(C)cc3C(=O)O)c(C)c2)n1. The first-order valence-electron chi connectivity index (χ1n) is 15.6. The zero-order valence-corrected chi connectivity index (χ0v) is 28.4. The number of azo groups is 2. The summed E-state index contributed by atoms with van der Waals surface area (Å²) in [4.78, 5) is 47.8. The molecule has 0 saturated carbocycles. The monoisotopic (exact) mass is 720 g/mol. The van der Waals surface area contributed by atoms with Crippen molar-refractivity contribution in [2.75, 3.05) is 36.2 Å². The van der Waals surface area contributed by atoms with Gasteiger partial charge in [0.25, 0.3) is 0 Å². The number of methoxy groups -OCH3 is 1. The third kappa shape index (κ3) is 9.67. The number of aromatic carboxylic acids is 3. The molecule has 1 heterocycles. The van der Waals surface area contributed by atoms with Crippen molar-refractivity contribution in [1.82, 2.24) is 15.0 Å². The molecule has 0 radical (unpaired) electrons. The largest absolute Gasteiger partial charge is 0.494 e. The van der Waals surface area contributed by atoms with Crippen LogP contribution in [0.5, 0.6) is 5.75 Å². The van der Waals surface area contributed by atoms with Gasteiger partial charge in [-0.25, -0.2) is 14.4 Å². The molecule has 0 unspecified atom stereocenters. The fraction of sp³-hybridized carbons (Fsp3) is 0.143.